The van der Waals surface area contributed by atoms with Crippen molar-refractivity contribution >= 4 is 17.9 Å². The molecule has 0 amide bonds. The molecule has 2 aliphatic heterocycles. The van der Waals surface area contributed by atoms with Crippen molar-refractivity contribution in [2.75, 3.05) is 13.2 Å². The Labute approximate surface area is 179 Å². The topological polar surface area (TPSA) is 97.4 Å². The molecule has 2 aliphatic rings. The molecule has 0 bridgehead atoms. The van der Waals surface area contributed by atoms with Crippen LogP contribution in [0.1, 0.15) is 33.2 Å². The molecule has 2 fully saturated rings. The summed E-state index contributed by atoms with van der Waals surface area (Å²) in [4.78, 5) is 35.8. The van der Waals surface area contributed by atoms with Crippen LogP contribution in [0.2, 0.25) is 0 Å². The maximum Gasteiger partial charge on any atom is 0.338 e. The maximum atomic E-state index is 12.5. The Morgan fingerprint density at radius 1 is 0.774 bits per heavy atom. The van der Waals surface area contributed by atoms with E-state index in [0.29, 0.717) is 16.9 Å². The summed E-state index contributed by atoms with van der Waals surface area (Å²) < 4.78 is 27.5. The van der Waals surface area contributed by atoms with Crippen molar-refractivity contribution in [2.45, 2.75) is 38.3 Å². The van der Waals surface area contributed by atoms with Gasteiger partial charge in [-0.25, -0.2) is 9.59 Å². The molecule has 8 nitrogen and oxygen atoms in total. The monoisotopic (exact) mass is 426 g/mol. The normalized spacial score (nSPS) is 24.3. The van der Waals surface area contributed by atoms with E-state index in [9.17, 15) is 14.4 Å². The molecule has 2 heterocycles. The van der Waals surface area contributed by atoms with Crippen molar-refractivity contribution in [1.82, 2.24) is 0 Å². The molecule has 2 saturated heterocycles. The van der Waals surface area contributed by atoms with Crippen LogP contribution in [0.3, 0.4) is 0 Å². The van der Waals surface area contributed by atoms with Gasteiger partial charge >= 0.3 is 17.9 Å². The SMILES string of the molecule is CC(=O)Oc1ccc(C(=O)OC2COC3C2OC[C@@H]3OC(=O)c2ccc(C)cc2)cc1. The summed E-state index contributed by atoms with van der Waals surface area (Å²) in [6, 6.07) is 13.1. The second-order valence-electron chi connectivity index (χ2n) is 7.47. The van der Waals surface area contributed by atoms with Crippen molar-refractivity contribution in [3.05, 3.63) is 65.2 Å². The first-order chi connectivity index (χ1) is 14.9. The summed E-state index contributed by atoms with van der Waals surface area (Å²) in [6.07, 6.45) is -2.21. The number of carbonyl (C=O) groups excluding carboxylic acids is 3. The van der Waals surface area contributed by atoms with Crippen LogP contribution in [0.15, 0.2) is 48.5 Å². The van der Waals surface area contributed by atoms with Crippen LogP contribution in [-0.4, -0.2) is 55.5 Å². The molecule has 2 aromatic rings. The average molecular weight is 426 g/mol. The van der Waals surface area contributed by atoms with E-state index in [-0.39, 0.29) is 13.2 Å². The van der Waals surface area contributed by atoms with Gasteiger partial charge in [0.25, 0.3) is 0 Å². The van der Waals surface area contributed by atoms with Gasteiger partial charge in [0.05, 0.1) is 24.3 Å². The van der Waals surface area contributed by atoms with Crippen LogP contribution in [0, 0.1) is 6.92 Å². The van der Waals surface area contributed by atoms with E-state index in [0.717, 1.165) is 5.56 Å². The molecule has 0 N–H and O–H groups in total. The molecule has 0 aliphatic carbocycles. The number of esters is 3. The van der Waals surface area contributed by atoms with Gasteiger partial charge < -0.3 is 23.7 Å². The van der Waals surface area contributed by atoms with Crippen LogP contribution < -0.4 is 4.74 Å². The molecular formula is C23H22O8. The molecule has 31 heavy (non-hydrogen) atoms. The van der Waals surface area contributed by atoms with Gasteiger partial charge in [0, 0.05) is 6.92 Å². The fourth-order valence-electron chi connectivity index (χ4n) is 3.56. The summed E-state index contributed by atoms with van der Waals surface area (Å²) in [7, 11) is 0. The van der Waals surface area contributed by atoms with Crippen molar-refractivity contribution < 1.29 is 38.1 Å². The third-order valence-electron chi connectivity index (χ3n) is 5.12. The van der Waals surface area contributed by atoms with E-state index in [4.69, 9.17) is 23.7 Å². The van der Waals surface area contributed by atoms with Gasteiger partial charge in [0.1, 0.15) is 18.0 Å². The van der Waals surface area contributed by atoms with Crippen molar-refractivity contribution in [3.63, 3.8) is 0 Å². The molecular weight excluding hydrogens is 404 g/mol. The third-order valence-corrected chi connectivity index (χ3v) is 5.12. The van der Waals surface area contributed by atoms with E-state index in [1.165, 1.54) is 31.2 Å². The highest BCUT2D eigenvalue weighted by atomic mass is 16.7. The Morgan fingerprint density at radius 3 is 1.68 bits per heavy atom. The smallest absolute Gasteiger partial charge is 0.338 e. The fraction of sp³-hybridized carbons (Fsp3) is 0.348. The summed E-state index contributed by atoms with van der Waals surface area (Å²) in [5.41, 5.74) is 1.80. The number of fused-ring (bicyclic) bond motifs is 1. The van der Waals surface area contributed by atoms with E-state index < -0.39 is 42.3 Å². The molecule has 162 valence electrons. The first-order valence-corrected chi connectivity index (χ1v) is 9.91. The average Bonchev–Trinajstić information content (AvgIpc) is 3.32. The first-order valence-electron chi connectivity index (χ1n) is 9.91. The minimum absolute atomic E-state index is 0.144. The molecule has 0 aromatic heterocycles. The number of ether oxygens (including phenoxy) is 5. The zero-order chi connectivity index (χ0) is 22.0. The highest BCUT2D eigenvalue weighted by molar-refractivity contribution is 5.90. The Hall–Kier alpha value is -3.23. The number of hydrogen-bond acceptors (Lipinski definition) is 8. The first kappa shape index (κ1) is 21.0. The number of hydrogen-bond donors (Lipinski definition) is 0. The Kier molecular flexibility index (Phi) is 6.01. The summed E-state index contributed by atoms with van der Waals surface area (Å²) >= 11 is 0. The zero-order valence-corrected chi connectivity index (χ0v) is 17.1. The second kappa shape index (κ2) is 8.87. The standard InChI is InChI=1S/C23H22O8/c1-13-3-5-15(6-4-13)22(25)30-18-11-27-21-19(12-28-20(18)21)31-23(26)16-7-9-17(10-8-16)29-14(2)24/h3-10,18-21H,11-12H2,1-2H3/t18-,19?,20?,21?/m0/s1. The predicted octanol–water partition coefficient (Wildman–Crippen LogP) is 2.47. The lowest BCUT2D eigenvalue weighted by molar-refractivity contribution is -0.131. The largest absolute Gasteiger partial charge is 0.453 e. The van der Waals surface area contributed by atoms with E-state index in [1.54, 1.807) is 12.1 Å². The second-order valence-corrected chi connectivity index (χ2v) is 7.47. The van der Waals surface area contributed by atoms with Crippen LogP contribution >= 0.6 is 0 Å². The molecule has 4 atom stereocenters. The number of aryl methyl sites for hydroxylation is 1. The molecule has 0 spiro atoms. The Morgan fingerprint density at radius 2 is 1.23 bits per heavy atom. The van der Waals surface area contributed by atoms with Crippen molar-refractivity contribution in [1.29, 1.82) is 0 Å². The van der Waals surface area contributed by atoms with Gasteiger partial charge in [-0.2, -0.15) is 0 Å². The summed E-state index contributed by atoms with van der Waals surface area (Å²) in [6.45, 7) is 3.54. The van der Waals surface area contributed by atoms with Gasteiger partial charge in [-0.15, -0.1) is 0 Å². The molecule has 8 heteroatoms. The summed E-state index contributed by atoms with van der Waals surface area (Å²) in [5.74, 6) is -1.11. The highest BCUT2D eigenvalue weighted by Crippen LogP contribution is 2.31. The number of benzene rings is 2. The number of carbonyl (C=O) groups is 3. The molecule has 0 saturated carbocycles. The predicted molar refractivity (Wildman–Crippen MR) is 107 cm³/mol. The highest BCUT2D eigenvalue weighted by Gasteiger charge is 2.51. The van der Waals surface area contributed by atoms with Crippen molar-refractivity contribution in [3.8, 4) is 5.75 Å². The lowest BCUT2D eigenvalue weighted by Crippen LogP contribution is -2.36. The van der Waals surface area contributed by atoms with E-state index in [1.807, 2.05) is 19.1 Å². The Balaban J connectivity index is 1.33. The van der Waals surface area contributed by atoms with Gasteiger partial charge in [0.2, 0.25) is 0 Å². The number of rotatable bonds is 5. The van der Waals surface area contributed by atoms with Gasteiger partial charge in [-0.3, -0.25) is 4.79 Å². The molecule has 3 unspecified atom stereocenters. The van der Waals surface area contributed by atoms with Crippen LogP contribution in [-0.2, 0) is 23.7 Å². The lowest BCUT2D eigenvalue weighted by atomic mass is 10.1. The third kappa shape index (κ3) is 4.76. The van der Waals surface area contributed by atoms with Gasteiger partial charge in [-0.05, 0) is 43.3 Å². The van der Waals surface area contributed by atoms with Gasteiger partial charge in [0.15, 0.2) is 12.2 Å². The Bertz CT molecular complexity index is 966. The van der Waals surface area contributed by atoms with Crippen molar-refractivity contribution in [2.24, 2.45) is 0 Å². The van der Waals surface area contributed by atoms with E-state index >= 15 is 0 Å². The summed E-state index contributed by atoms with van der Waals surface area (Å²) in [5, 5.41) is 0. The molecule has 4 rings (SSSR count). The maximum absolute atomic E-state index is 12.5. The van der Waals surface area contributed by atoms with Crippen LogP contribution in [0.25, 0.3) is 0 Å². The lowest BCUT2D eigenvalue weighted by Gasteiger charge is -2.17. The zero-order valence-electron chi connectivity index (χ0n) is 17.1. The quantitative estimate of drug-likeness (QED) is 0.531. The fourth-order valence-corrected chi connectivity index (χ4v) is 3.56. The molecule has 2 aromatic carbocycles. The minimum atomic E-state index is -0.617. The van der Waals surface area contributed by atoms with Crippen LogP contribution in [0.4, 0.5) is 0 Å². The van der Waals surface area contributed by atoms with Gasteiger partial charge in [-0.1, -0.05) is 17.7 Å². The van der Waals surface area contributed by atoms with Crippen LogP contribution in [0.5, 0.6) is 5.75 Å². The minimum Gasteiger partial charge on any atom is -0.453 e. The molecule has 0 radical (unpaired) electrons. The van der Waals surface area contributed by atoms with E-state index in [2.05, 4.69) is 0 Å².